The van der Waals surface area contributed by atoms with Gasteiger partial charge in [-0.15, -0.1) is 0 Å². The summed E-state index contributed by atoms with van der Waals surface area (Å²) in [6.07, 6.45) is 0.907. The number of nitrogens with two attached hydrogens (primary N) is 1. The van der Waals surface area contributed by atoms with Crippen LogP contribution in [0.4, 0.5) is 0 Å². The van der Waals surface area contributed by atoms with E-state index in [0.717, 1.165) is 12.0 Å². The summed E-state index contributed by atoms with van der Waals surface area (Å²) < 4.78 is 0. The van der Waals surface area contributed by atoms with E-state index in [9.17, 15) is 14.7 Å². The van der Waals surface area contributed by atoms with E-state index in [2.05, 4.69) is 6.92 Å². The van der Waals surface area contributed by atoms with Gasteiger partial charge in [0.1, 0.15) is 0 Å². The topological polar surface area (TPSA) is 94.5 Å². The smallest absolute Gasteiger partial charge is 0.290 e. The van der Waals surface area contributed by atoms with Crippen molar-refractivity contribution >= 4 is 11.7 Å². The number of hydrogen-bond donors (Lipinski definition) is 3. The van der Waals surface area contributed by atoms with Crippen LogP contribution in [-0.4, -0.2) is 53.0 Å². The number of ketones is 1. The van der Waals surface area contributed by atoms with E-state index in [1.807, 2.05) is 29.6 Å². The molecule has 0 radical (unpaired) electrons. The lowest BCUT2D eigenvalue weighted by Crippen LogP contribution is -2.86. The monoisotopic (exact) mass is 333 g/mol. The fraction of sp³-hybridized carbons (Fsp3) is 0.444. The average molecular weight is 333 g/mol. The number of carbonyl (C=O) groups is 2. The van der Waals surface area contributed by atoms with Gasteiger partial charge in [-0.05, 0) is 24.5 Å². The molecule has 6 heteroatoms. The van der Waals surface area contributed by atoms with E-state index >= 15 is 0 Å². The number of benzene rings is 1. The molecule has 2 rings (SSSR count). The fourth-order valence-corrected chi connectivity index (χ4v) is 2.99. The number of quaternary nitrogens is 1. The second-order valence-electron chi connectivity index (χ2n) is 5.90. The molecule has 0 aliphatic carbocycles. The molecule has 1 aliphatic heterocycles. The number of amides is 1. The van der Waals surface area contributed by atoms with Crippen molar-refractivity contribution in [3.63, 3.8) is 0 Å². The van der Waals surface area contributed by atoms with Gasteiger partial charge in [-0.3, -0.25) is 9.59 Å². The zero-order chi connectivity index (χ0) is 17.7. The van der Waals surface area contributed by atoms with Gasteiger partial charge in [0.25, 0.3) is 5.91 Å². The number of rotatable bonds is 8. The van der Waals surface area contributed by atoms with Crippen LogP contribution in [-0.2, 0) is 16.0 Å². The minimum atomic E-state index is -0.552. The van der Waals surface area contributed by atoms with E-state index in [-0.39, 0.29) is 18.0 Å². The molecule has 6 nitrogen and oxygen atoms in total. The zero-order valence-electron chi connectivity index (χ0n) is 14.2. The highest BCUT2D eigenvalue weighted by molar-refractivity contribution is 6.08. The van der Waals surface area contributed by atoms with Crippen LogP contribution in [0.1, 0.15) is 31.0 Å². The third kappa shape index (κ3) is 3.66. The molecule has 0 spiro atoms. The first-order chi connectivity index (χ1) is 11.5. The van der Waals surface area contributed by atoms with Gasteiger partial charge in [0.15, 0.2) is 11.5 Å². The van der Waals surface area contributed by atoms with Crippen molar-refractivity contribution in [3.8, 4) is 0 Å². The molecule has 4 N–H and O–H groups in total. The molecule has 1 heterocycles. The second-order valence-corrected chi connectivity index (χ2v) is 5.90. The molecule has 0 bridgehead atoms. The van der Waals surface area contributed by atoms with Crippen molar-refractivity contribution in [3.05, 3.63) is 46.7 Å². The molecule has 0 aromatic heterocycles. The molecule has 1 aliphatic rings. The molecule has 1 aromatic carbocycles. The number of aryl methyl sites for hydroxylation is 1. The lowest BCUT2D eigenvalue weighted by atomic mass is 9.95. The first-order valence-corrected chi connectivity index (χ1v) is 8.27. The van der Waals surface area contributed by atoms with Crippen LogP contribution in [0.3, 0.4) is 0 Å². The van der Waals surface area contributed by atoms with Crippen LogP contribution >= 0.6 is 0 Å². The first-order valence-electron chi connectivity index (χ1n) is 8.27. The Bertz CT molecular complexity index is 637. The molecule has 0 unspecified atom stereocenters. The van der Waals surface area contributed by atoms with Crippen molar-refractivity contribution in [2.24, 2.45) is 0 Å². The van der Waals surface area contributed by atoms with Crippen LogP contribution < -0.4 is 5.32 Å². The lowest BCUT2D eigenvalue weighted by molar-refractivity contribution is -0.655. The van der Waals surface area contributed by atoms with E-state index in [4.69, 9.17) is 5.11 Å². The van der Waals surface area contributed by atoms with Crippen LogP contribution in [0.25, 0.3) is 0 Å². The molecular formula is C18H25N2O4+. The Balaban J connectivity index is 2.31. The van der Waals surface area contributed by atoms with Gasteiger partial charge in [-0.25, -0.2) is 0 Å². The summed E-state index contributed by atoms with van der Waals surface area (Å²) in [5, 5.41) is 20.9. The molecule has 130 valence electrons. The van der Waals surface area contributed by atoms with Crippen LogP contribution in [0.15, 0.2) is 35.6 Å². The molecule has 0 saturated carbocycles. The van der Waals surface area contributed by atoms with Gasteiger partial charge >= 0.3 is 0 Å². The van der Waals surface area contributed by atoms with Gasteiger partial charge in [-0.1, -0.05) is 31.2 Å². The maximum atomic E-state index is 12.4. The minimum Gasteiger partial charge on any atom is -0.503 e. The largest absolute Gasteiger partial charge is 0.503 e. The summed E-state index contributed by atoms with van der Waals surface area (Å²) in [5.41, 5.74) is 2.15. The molecule has 1 aromatic rings. The SMILES string of the molecule is CCc1ccc([C@H]2C(C(C)=O)=C(O)C(=O)N2CC[NH2+]CCO)cc1. The summed E-state index contributed by atoms with van der Waals surface area (Å²) in [6, 6.07) is 7.21. The summed E-state index contributed by atoms with van der Waals surface area (Å²) >= 11 is 0. The van der Waals surface area contributed by atoms with Gasteiger partial charge in [0, 0.05) is 0 Å². The zero-order valence-corrected chi connectivity index (χ0v) is 14.2. The third-order valence-electron chi connectivity index (χ3n) is 4.29. The quantitative estimate of drug-likeness (QED) is 0.588. The summed E-state index contributed by atoms with van der Waals surface area (Å²) in [4.78, 5) is 25.9. The van der Waals surface area contributed by atoms with Gasteiger partial charge in [0.05, 0.1) is 37.9 Å². The number of aliphatic hydroxyl groups is 2. The van der Waals surface area contributed by atoms with Crippen molar-refractivity contribution in [1.82, 2.24) is 4.90 Å². The number of carbonyl (C=O) groups excluding carboxylic acids is 2. The van der Waals surface area contributed by atoms with Crippen molar-refractivity contribution in [2.75, 3.05) is 26.2 Å². The molecular weight excluding hydrogens is 308 g/mol. The summed E-state index contributed by atoms with van der Waals surface area (Å²) in [6.45, 7) is 5.03. The highest BCUT2D eigenvalue weighted by Crippen LogP contribution is 2.37. The average Bonchev–Trinajstić information content (AvgIpc) is 2.83. The normalized spacial score (nSPS) is 17.7. The van der Waals surface area contributed by atoms with Crippen molar-refractivity contribution in [2.45, 2.75) is 26.3 Å². The maximum Gasteiger partial charge on any atom is 0.290 e. The number of aliphatic hydroxyl groups excluding tert-OH is 2. The van der Waals surface area contributed by atoms with Crippen molar-refractivity contribution < 1.29 is 25.1 Å². The van der Waals surface area contributed by atoms with E-state index in [0.29, 0.717) is 19.6 Å². The van der Waals surface area contributed by atoms with Gasteiger partial charge in [0.2, 0.25) is 0 Å². The Hall–Kier alpha value is -2.18. The number of hydrogen-bond acceptors (Lipinski definition) is 4. The maximum absolute atomic E-state index is 12.4. The highest BCUT2D eigenvalue weighted by atomic mass is 16.3. The third-order valence-corrected chi connectivity index (χ3v) is 4.29. The Morgan fingerprint density at radius 1 is 1.25 bits per heavy atom. The standard InChI is InChI=1S/C18H24N2O4/c1-3-13-4-6-14(7-5-13)16-15(12(2)22)17(23)18(24)20(16)10-8-19-9-11-21/h4-7,16,19,21,23H,3,8-11H2,1-2H3/p+1/t16-/m0/s1. The number of Topliss-reactive ketones (excluding diaryl/α,β-unsaturated/α-hetero) is 1. The minimum absolute atomic E-state index is 0.0675. The number of nitrogens with zero attached hydrogens (tertiary/aromatic N) is 1. The second kappa shape index (κ2) is 8.08. The summed E-state index contributed by atoms with van der Waals surface area (Å²) in [7, 11) is 0. The molecule has 0 saturated heterocycles. The first kappa shape index (κ1) is 18.2. The molecule has 0 fully saturated rings. The van der Waals surface area contributed by atoms with Gasteiger partial charge < -0.3 is 20.4 Å². The Morgan fingerprint density at radius 3 is 2.46 bits per heavy atom. The predicted octanol–water partition coefficient (Wildman–Crippen LogP) is 0.0891. The molecule has 1 amide bonds. The van der Waals surface area contributed by atoms with Crippen LogP contribution in [0, 0.1) is 0 Å². The van der Waals surface area contributed by atoms with E-state index < -0.39 is 17.7 Å². The van der Waals surface area contributed by atoms with Crippen LogP contribution in [0.5, 0.6) is 0 Å². The van der Waals surface area contributed by atoms with Crippen LogP contribution in [0.2, 0.25) is 0 Å². The Labute approximate surface area is 141 Å². The van der Waals surface area contributed by atoms with E-state index in [1.54, 1.807) is 0 Å². The molecule has 24 heavy (non-hydrogen) atoms. The lowest BCUT2D eigenvalue weighted by Gasteiger charge is -2.26. The summed E-state index contributed by atoms with van der Waals surface area (Å²) in [5.74, 6) is -1.26. The Kier molecular flexibility index (Phi) is 6.11. The van der Waals surface area contributed by atoms with Gasteiger partial charge in [-0.2, -0.15) is 0 Å². The van der Waals surface area contributed by atoms with E-state index in [1.165, 1.54) is 17.4 Å². The Morgan fingerprint density at radius 2 is 1.92 bits per heavy atom. The predicted molar refractivity (Wildman–Crippen MR) is 89.4 cm³/mol. The highest BCUT2D eigenvalue weighted by Gasteiger charge is 2.42. The fourth-order valence-electron chi connectivity index (χ4n) is 2.99. The van der Waals surface area contributed by atoms with Crippen molar-refractivity contribution in [1.29, 1.82) is 0 Å². The molecule has 1 atom stereocenters.